The van der Waals surface area contributed by atoms with Crippen molar-refractivity contribution in [3.8, 4) is 34.4 Å². The Morgan fingerprint density at radius 2 is 1.78 bits per heavy atom. The van der Waals surface area contributed by atoms with Gasteiger partial charge in [0.25, 0.3) is 0 Å². The lowest BCUT2D eigenvalue weighted by Crippen LogP contribution is -2.39. The number of nitriles is 1. The number of imidazole rings is 1. The Morgan fingerprint density at radius 3 is 2.58 bits per heavy atom. The summed E-state index contributed by atoms with van der Waals surface area (Å²) in [7, 11) is 0. The molecular weight excluding hydrogens is 752 g/mol. The summed E-state index contributed by atoms with van der Waals surface area (Å²) in [5.74, 6) is 1.64. The summed E-state index contributed by atoms with van der Waals surface area (Å²) < 4.78 is 57.1. The van der Waals surface area contributed by atoms with E-state index >= 15 is 0 Å². The maximum Gasteiger partial charge on any atom is 0.390 e. The normalized spacial score (nSPS) is 14.7. The number of hydrogen-bond acceptors (Lipinski definition) is 8. The summed E-state index contributed by atoms with van der Waals surface area (Å²) in [4.78, 5) is 13.2. The number of benzene rings is 3. The molecular formula is C41H41Cl2F3N6O3. The zero-order valence-electron chi connectivity index (χ0n) is 30.3. The molecule has 3 aromatic carbocycles. The molecule has 0 amide bonds. The standard InChI is InChI=1S/C41H41Cl2F3N6O3/c1-27-31(6-2-7-34(27)35-8-3-9-37(40(35)43)53-23-28-5-4-11-52(22-28)12-10-41(44,45)46)25-55-39-15-38(54-24-30-13-29(16-47)17-48-18-30)32(14-36(39)42)19-49-20-33-21-50-26-51-33/h2-3,6-9,13-15,17-18,21,26,28,49H,4-5,10-12,19-20,22-25H2,1H3,(H,50,51). The van der Waals surface area contributed by atoms with Crippen molar-refractivity contribution in [1.82, 2.24) is 25.2 Å². The van der Waals surface area contributed by atoms with Gasteiger partial charge in [-0.25, -0.2) is 4.98 Å². The molecule has 55 heavy (non-hydrogen) atoms. The van der Waals surface area contributed by atoms with Crippen LogP contribution < -0.4 is 19.5 Å². The van der Waals surface area contributed by atoms with E-state index in [1.807, 2.05) is 60.5 Å². The molecule has 9 nitrogen and oxygen atoms in total. The highest BCUT2D eigenvalue weighted by Crippen LogP contribution is 2.39. The smallest absolute Gasteiger partial charge is 0.390 e. The number of hydrogen-bond donors (Lipinski definition) is 2. The zero-order valence-corrected chi connectivity index (χ0v) is 31.8. The molecule has 0 saturated carbocycles. The van der Waals surface area contributed by atoms with Crippen LogP contribution in [0.4, 0.5) is 13.2 Å². The SMILES string of the molecule is Cc1c(COc2cc(OCc3cncc(C#N)c3)c(CNCc3c[nH]cn3)cc2Cl)cccc1-c1cccc(OCC2CCCN(CCC(F)(F)F)C2)c1Cl. The molecule has 1 unspecified atom stereocenters. The third kappa shape index (κ3) is 11.1. The molecule has 14 heteroatoms. The molecule has 2 aromatic heterocycles. The van der Waals surface area contributed by atoms with Crippen molar-refractivity contribution < 1.29 is 27.4 Å². The number of aromatic nitrogens is 3. The second-order valence-corrected chi connectivity index (χ2v) is 14.3. The second kappa shape index (κ2) is 18.7. The van der Waals surface area contributed by atoms with Crippen molar-refractivity contribution in [3.63, 3.8) is 0 Å². The van der Waals surface area contributed by atoms with E-state index in [9.17, 15) is 18.4 Å². The molecule has 6 rings (SSSR count). The van der Waals surface area contributed by atoms with Crippen LogP contribution in [0.3, 0.4) is 0 Å². The maximum absolute atomic E-state index is 12.8. The van der Waals surface area contributed by atoms with E-state index in [4.69, 9.17) is 37.4 Å². The molecule has 1 aliphatic rings. The van der Waals surface area contributed by atoms with E-state index in [2.05, 4.69) is 26.3 Å². The summed E-state index contributed by atoms with van der Waals surface area (Å²) in [5.41, 5.74) is 6.45. The first-order chi connectivity index (χ1) is 26.6. The fourth-order valence-corrected chi connectivity index (χ4v) is 7.08. The number of nitrogens with one attached hydrogen (secondary N) is 2. The van der Waals surface area contributed by atoms with E-state index in [1.54, 1.807) is 24.7 Å². The Morgan fingerprint density at radius 1 is 0.964 bits per heavy atom. The largest absolute Gasteiger partial charge is 0.492 e. The highest BCUT2D eigenvalue weighted by molar-refractivity contribution is 6.35. The highest BCUT2D eigenvalue weighted by atomic mass is 35.5. The van der Waals surface area contributed by atoms with Crippen molar-refractivity contribution in [3.05, 3.63) is 123 Å². The van der Waals surface area contributed by atoms with E-state index < -0.39 is 12.6 Å². The molecule has 1 atom stereocenters. The lowest BCUT2D eigenvalue weighted by Gasteiger charge is -2.32. The van der Waals surface area contributed by atoms with Gasteiger partial charge in [-0.15, -0.1) is 0 Å². The Labute approximate surface area is 328 Å². The summed E-state index contributed by atoms with van der Waals surface area (Å²) >= 11 is 13.7. The van der Waals surface area contributed by atoms with Crippen LogP contribution in [0.15, 0.2) is 79.5 Å². The molecule has 5 aromatic rings. The third-order valence-electron chi connectivity index (χ3n) is 9.48. The van der Waals surface area contributed by atoms with Crippen LogP contribution >= 0.6 is 23.2 Å². The minimum absolute atomic E-state index is 0.00378. The molecule has 0 aliphatic carbocycles. The molecule has 0 spiro atoms. The number of ether oxygens (including phenoxy) is 3. The number of piperidine rings is 1. The Bertz CT molecular complexity index is 2090. The molecule has 1 saturated heterocycles. The van der Waals surface area contributed by atoms with Crippen LogP contribution in [0.5, 0.6) is 17.2 Å². The number of rotatable bonds is 16. The van der Waals surface area contributed by atoms with Gasteiger partial charge in [-0.3, -0.25) is 4.98 Å². The molecule has 1 fully saturated rings. The topological polar surface area (TPSA) is 108 Å². The maximum atomic E-state index is 12.8. The van der Waals surface area contributed by atoms with Crippen LogP contribution in [-0.4, -0.2) is 52.3 Å². The van der Waals surface area contributed by atoms with Crippen LogP contribution in [0.2, 0.25) is 10.0 Å². The summed E-state index contributed by atoms with van der Waals surface area (Å²) in [6.07, 6.45) is 3.34. The molecule has 0 radical (unpaired) electrons. The van der Waals surface area contributed by atoms with E-state index in [-0.39, 0.29) is 25.7 Å². The first-order valence-electron chi connectivity index (χ1n) is 18.0. The quantitative estimate of drug-likeness (QED) is 0.102. The minimum Gasteiger partial charge on any atom is -0.492 e. The van der Waals surface area contributed by atoms with Crippen LogP contribution in [-0.2, 0) is 26.3 Å². The molecule has 1 aliphatic heterocycles. The number of nitrogens with zero attached hydrogens (tertiary/aromatic N) is 4. The number of H-pyrrole nitrogens is 1. The molecule has 2 N–H and O–H groups in total. The summed E-state index contributed by atoms with van der Waals surface area (Å²) in [5, 5.41) is 13.5. The van der Waals surface area contributed by atoms with Gasteiger partial charge in [0.1, 0.15) is 36.5 Å². The van der Waals surface area contributed by atoms with Crippen LogP contribution in [0, 0.1) is 24.2 Å². The van der Waals surface area contributed by atoms with Crippen molar-refractivity contribution in [1.29, 1.82) is 5.26 Å². The zero-order chi connectivity index (χ0) is 38.8. The van der Waals surface area contributed by atoms with Gasteiger partial charge in [0, 0.05) is 73.4 Å². The van der Waals surface area contributed by atoms with Crippen molar-refractivity contribution >= 4 is 23.2 Å². The van der Waals surface area contributed by atoms with E-state index in [0.29, 0.717) is 65.6 Å². The Balaban J connectivity index is 1.14. The third-order valence-corrected chi connectivity index (χ3v) is 10.2. The number of likely N-dealkylation sites (tertiary alicyclic amines) is 1. The predicted octanol–water partition coefficient (Wildman–Crippen LogP) is 9.45. The van der Waals surface area contributed by atoms with Crippen molar-refractivity contribution in [2.24, 2.45) is 5.92 Å². The fraction of sp³-hybridized carbons (Fsp3) is 0.341. The van der Waals surface area contributed by atoms with E-state index in [0.717, 1.165) is 51.9 Å². The van der Waals surface area contributed by atoms with Crippen LogP contribution in [0.25, 0.3) is 11.1 Å². The lowest BCUT2D eigenvalue weighted by molar-refractivity contribution is -0.138. The Hall–Kier alpha value is -4.80. The van der Waals surface area contributed by atoms with Gasteiger partial charge in [0.05, 0.1) is 40.7 Å². The number of pyridine rings is 1. The lowest BCUT2D eigenvalue weighted by atomic mass is 9.96. The highest BCUT2D eigenvalue weighted by Gasteiger charge is 2.29. The van der Waals surface area contributed by atoms with Gasteiger partial charge in [0.2, 0.25) is 0 Å². The number of alkyl halides is 3. The summed E-state index contributed by atoms with van der Waals surface area (Å²) in [6.45, 7) is 4.98. The van der Waals surface area contributed by atoms with Crippen molar-refractivity contribution in [2.45, 2.75) is 58.7 Å². The second-order valence-electron chi connectivity index (χ2n) is 13.5. The fourth-order valence-electron chi connectivity index (χ4n) is 6.56. The van der Waals surface area contributed by atoms with Gasteiger partial charge in [-0.1, -0.05) is 53.5 Å². The first-order valence-corrected chi connectivity index (χ1v) is 18.7. The number of halogens is 5. The van der Waals surface area contributed by atoms with Gasteiger partial charge in [0.15, 0.2) is 0 Å². The van der Waals surface area contributed by atoms with Gasteiger partial charge in [-0.05, 0) is 61.2 Å². The first kappa shape index (κ1) is 39.9. The number of aromatic amines is 1. The molecule has 3 heterocycles. The van der Waals surface area contributed by atoms with Gasteiger partial charge >= 0.3 is 6.18 Å². The average molecular weight is 794 g/mol. The molecule has 0 bridgehead atoms. The van der Waals surface area contributed by atoms with Crippen LogP contribution in [0.1, 0.15) is 52.8 Å². The van der Waals surface area contributed by atoms with Gasteiger partial charge in [-0.2, -0.15) is 18.4 Å². The van der Waals surface area contributed by atoms with E-state index in [1.165, 1.54) is 6.20 Å². The molecule has 288 valence electrons. The van der Waals surface area contributed by atoms with Crippen molar-refractivity contribution in [2.75, 3.05) is 26.2 Å². The monoisotopic (exact) mass is 792 g/mol. The summed E-state index contributed by atoms with van der Waals surface area (Å²) in [6, 6.07) is 19.0. The average Bonchev–Trinajstić information content (AvgIpc) is 3.70. The predicted molar refractivity (Wildman–Crippen MR) is 205 cm³/mol. The minimum atomic E-state index is -4.16. The Kier molecular flexibility index (Phi) is 13.6. The van der Waals surface area contributed by atoms with Gasteiger partial charge < -0.3 is 29.4 Å².